The lowest BCUT2D eigenvalue weighted by atomic mass is 9.79. The molecule has 3 atom stereocenters. The lowest BCUT2D eigenvalue weighted by Crippen LogP contribution is -2.43. The molecule has 3 unspecified atom stereocenters. The van der Waals surface area contributed by atoms with Gasteiger partial charge in [-0.2, -0.15) is 0 Å². The van der Waals surface area contributed by atoms with Crippen LogP contribution in [-0.4, -0.2) is 18.5 Å². The van der Waals surface area contributed by atoms with Crippen molar-refractivity contribution >= 4 is 5.91 Å². The van der Waals surface area contributed by atoms with Crippen molar-refractivity contribution in [2.24, 2.45) is 23.0 Å². The van der Waals surface area contributed by atoms with Gasteiger partial charge in [-0.25, -0.2) is 0 Å². The second-order valence-corrected chi connectivity index (χ2v) is 7.05. The van der Waals surface area contributed by atoms with E-state index in [2.05, 4.69) is 19.2 Å². The van der Waals surface area contributed by atoms with Gasteiger partial charge in [0, 0.05) is 18.5 Å². The van der Waals surface area contributed by atoms with Crippen LogP contribution in [0.5, 0.6) is 0 Å². The SMILES string of the molecule is CCC1(CNC(=O)C2CC(C)CC(N)C2)CCCC1. The summed E-state index contributed by atoms with van der Waals surface area (Å²) in [7, 11) is 0. The van der Waals surface area contributed by atoms with Gasteiger partial charge < -0.3 is 11.1 Å². The summed E-state index contributed by atoms with van der Waals surface area (Å²) in [6.45, 7) is 5.35. The maximum Gasteiger partial charge on any atom is 0.223 e. The molecule has 0 heterocycles. The molecular formula is C16H30N2O. The van der Waals surface area contributed by atoms with Crippen molar-refractivity contribution < 1.29 is 4.79 Å². The lowest BCUT2D eigenvalue weighted by molar-refractivity contribution is -0.127. The maximum atomic E-state index is 12.3. The zero-order valence-electron chi connectivity index (χ0n) is 12.6. The van der Waals surface area contributed by atoms with Crippen LogP contribution < -0.4 is 11.1 Å². The molecule has 19 heavy (non-hydrogen) atoms. The summed E-state index contributed by atoms with van der Waals surface area (Å²) < 4.78 is 0. The number of nitrogens with two attached hydrogens (primary N) is 1. The molecule has 0 aliphatic heterocycles. The van der Waals surface area contributed by atoms with Crippen molar-refractivity contribution in [1.82, 2.24) is 5.32 Å². The van der Waals surface area contributed by atoms with Gasteiger partial charge in [-0.1, -0.05) is 26.7 Å². The third kappa shape index (κ3) is 3.71. The number of nitrogens with one attached hydrogen (secondary N) is 1. The van der Waals surface area contributed by atoms with E-state index >= 15 is 0 Å². The maximum absolute atomic E-state index is 12.3. The van der Waals surface area contributed by atoms with Crippen molar-refractivity contribution in [3.05, 3.63) is 0 Å². The van der Waals surface area contributed by atoms with E-state index in [1.807, 2.05) is 0 Å². The first-order valence-electron chi connectivity index (χ1n) is 8.08. The minimum atomic E-state index is 0.147. The molecule has 2 aliphatic rings. The molecule has 0 spiro atoms. The second kappa shape index (κ2) is 6.25. The Morgan fingerprint density at radius 2 is 1.95 bits per heavy atom. The van der Waals surface area contributed by atoms with Gasteiger partial charge in [0.2, 0.25) is 5.91 Å². The smallest absolute Gasteiger partial charge is 0.223 e. The minimum Gasteiger partial charge on any atom is -0.355 e. The number of amides is 1. The molecule has 0 aromatic carbocycles. The molecular weight excluding hydrogens is 236 g/mol. The van der Waals surface area contributed by atoms with E-state index in [1.54, 1.807) is 0 Å². The highest BCUT2D eigenvalue weighted by Gasteiger charge is 2.34. The van der Waals surface area contributed by atoms with Crippen LogP contribution in [0.4, 0.5) is 0 Å². The van der Waals surface area contributed by atoms with Crippen LogP contribution in [0, 0.1) is 17.3 Å². The second-order valence-electron chi connectivity index (χ2n) is 7.05. The third-order valence-corrected chi connectivity index (χ3v) is 5.40. The summed E-state index contributed by atoms with van der Waals surface area (Å²) in [4.78, 5) is 12.3. The highest BCUT2D eigenvalue weighted by molar-refractivity contribution is 5.78. The molecule has 0 saturated heterocycles. The van der Waals surface area contributed by atoms with Crippen LogP contribution in [0.3, 0.4) is 0 Å². The van der Waals surface area contributed by atoms with Gasteiger partial charge in [0.25, 0.3) is 0 Å². The van der Waals surface area contributed by atoms with E-state index < -0.39 is 0 Å². The summed E-state index contributed by atoms with van der Waals surface area (Å²) in [5.41, 5.74) is 6.43. The number of carbonyl (C=O) groups is 1. The van der Waals surface area contributed by atoms with Crippen LogP contribution in [0.15, 0.2) is 0 Å². The molecule has 3 heteroatoms. The molecule has 0 bridgehead atoms. The van der Waals surface area contributed by atoms with E-state index in [9.17, 15) is 4.79 Å². The van der Waals surface area contributed by atoms with Gasteiger partial charge in [-0.15, -0.1) is 0 Å². The molecule has 0 aromatic rings. The topological polar surface area (TPSA) is 55.1 Å². The first-order valence-corrected chi connectivity index (χ1v) is 8.08. The molecule has 2 fully saturated rings. The highest BCUT2D eigenvalue weighted by atomic mass is 16.1. The Hall–Kier alpha value is -0.570. The molecule has 1 amide bonds. The first-order chi connectivity index (χ1) is 9.04. The highest BCUT2D eigenvalue weighted by Crippen LogP contribution is 2.40. The van der Waals surface area contributed by atoms with Gasteiger partial charge in [0.05, 0.1) is 0 Å². The van der Waals surface area contributed by atoms with Crippen molar-refractivity contribution in [3.8, 4) is 0 Å². The summed E-state index contributed by atoms with van der Waals surface area (Å²) in [5, 5.41) is 3.23. The zero-order chi connectivity index (χ0) is 13.9. The van der Waals surface area contributed by atoms with Crippen molar-refractivity contribution in [3.63, 3.8) is 0 Å². The van der Waals surface area contributed by atoms with Gasteiger partial charge in [0.15, 0.2) is 0 Å². The molecule has 2 rings (SSSR count). The number of hydrogen-bond acceptors (Lipinski definition) is 2. The summed E-state index contributed by atoms with van der Waals surface area (Å²) >= 11 is 0. The molecule has 2 saturated carbocycles. The molecule has 3 N–H and O–H groups in total. The van der Waals surface area contributed by atoms with Crippen molar-refractivity contribution in [2.75, 3.05) is 6.54 Å². The first kappa shape index (κ1) is 14.8. The number of carbonyl (C=O) groups excluding carboxylic acids is 1. The standard InChI is InChI=1S/C16H30N2O/c1-3-16(6-4-5-7-16)11-18-15(19)13-8-12(2)9-14(17)10-13/h12-14H,3-11,17H2,1-2H3,(H,18,19). The van der Waals surface area contributed by atoms with Crippen LogP contribution in [0.1, 0.15) is 65.2 Å². The minimum absolute atomic E-state index is 0.147. The van der Waals surface area contributed by atoms with Crippen molar-refractivity contribution in [1.29, 1.82) is 0 Å². The van der Waals surface area contributed by atoms with E-state index in [0.29, 0.717) is 11.3 Å². The van der Waals surface area contributed by atoms with E-state index in [4.69, 9.17) is 5.73 Å². The number of rotatable bonds is 4. The van der Waals surface area contributed by atoms with E-state index in [0.717, 1.165) is 25.8 Å². The molecule has 2 aliphatic carbocycles. The average Bonchev–Trinajstić information content (AvgIpc) is 2.84. The Labute approximate surface area is 117 Å². The fourth-order valence-corrected chi connectivity index (χ4v) is 4.07. The monoisotopic (exact) mass is 266 g/mol. The fourth-order valence-electron chi connectivity index (χ4n) is 4.07. The Morgan fingerprint density at radius 3 is 2.53 bits per heavy atom. The molecule has 0 aromatic heterocycles. The van der Waals surface area contributed by atoms with Crippen molar-refractivity contribution in [2.45, 2.75) is 71.3 Å². The predicted octanol–water partition coefficient (Wildman–Crippen LogP) is 2.84. The molecule has 0 radical (unpaired) electrons. The fraction of sp³-hybridized carbons (Fsp3) is 0.938. The summed E-state index contributed by atoms with van der Waals surface area (Å²) in [5.74, 6) is 0.988. The Kier molecular flexibility index (Phi) is 4.88. The van der Waals surface area contributed by atoms with Gasteiger partial charge in [-0.05, 0) is 49.9 Å². The normalized spacial score (nSPS) is 34.2. The Morgan fingerprint density at radius 1 is 1.26 bits per heavy atom. The molecule has 110 valence electrons. The largest absolute Gasteiger partial charge is 0.355 e. The van der Waals surface area contributed by atoms with Gasteiger partial charge >= 0.3 is 0 Å². The third-order valence-electron chi connectivity index (χ3n) is 5.40. The Balaban J connectivity index is 1.83. The predicted molar refractivity (Wildman–Crippen MR) is 78.7 cm³/mol. The average molecular weight is 266 g/mol. The van der Waals surface area contributed by atoms with Gasteiger partial charge in [-0.3, -0.25) is 4.79 Å². The number of hydrogen-bond donors (Lipinski definition) is 2. The van der Waals surface area contributed by atoms with Crippen LogP contribution in [-0.2, 0) is 4.79 Å². The summed E-state index contributed by atoms with van der Waals surface area (Å²) in [6.07, 6.45) is 9.36. The van der Waals surface area contributed by atoms with E-state index in [1.165, 1.54) is 32.1 Å². The summed E-state index contributed by atoms with van der Waals surface area (Å²) in [6, 6.07) is 0.214. The van der Waals surface area contributed by atoms with Crippen LogP contribution in [0.25, 0.3) is 0 Å². The quantitative estimate of drug-likeness (QED) is 0.822. The van der Waals surface area contributed by atoms with Crippen LogP contribution >= 0.6 is 0 Å². The Bertz CT molecular complexity index is 300. The van der Waals surface area contributed by atoms with E-state index in [-0.39, 0.29) is 17.9 Å². The molecule has 3 nitrogen and oxygen atoms in total. The van der Waals surface area contributed by atoms with Gasteiger partial charge in [0.1, 0.15) is 0 Å². The van der Waals surface area contributed by atoms with Crippen LogP contribution in [0.2, 0.25) is 0 Å². The zero-order valence-corrected chi connectivity index (χ0v) is 12.6. The lowest BCUT2D eigenvalue weighted by Gasteiger charge is -2.32.